The maximum Gasteiger partial charge on any atom is 0.408 e. The molecule has 0 aromatic heterocycles. The monoisotopic (exact) mass is 310 g/mol. The molecule has 2 amide bonds. The van der Waals surface area contributed by atoms with Crippen molar-refractivity contribution in [3.05, 3.63) is 0 Å². The molecule has 21 heavy (non-hydrogen) atoms. The predicted molar refractivity (Wildman–Crippen MR) is 69.8 cm³/mol. The second kappa shape index (κ2) is 7.00. The largest absolute Gasteiger partial charge is 0.481 e. The molecule has 0 aromatic rings. The third-order valence-electron chi connectivity index (χ3n) is 3.90. The van der Waals surface area contributed by atoms with Crippen LogP contribution in [0.25, 0.3) is 0 Å². The highest BCUT2D eigenvalue weighted by atomic mass is 19.4. The van der Waals surface area contributed by atoms with E-state index in [0.717, 1.165) is 4.90 Å². The van der Waals surface area contributed by atoms with Crippen LogP contribution in [0.2, 0.25) is 0 Å². The fourth-order valence-corrected chi connectivity index (χ4v) is 2.37. The van der Waals surface area contributed by atoms with E-state index >= 15 is 0 Å². The minimum Gasteiger partial charge on any atom is -0.481 e. The number of piperidine rings is 1. The quantitative estimate of drug-likeness (QED) is 0.838. The molecule has 1 fully saturated rings. The number of carboxylic acid groups (broad SMARTS) is 1. The summed E-state index contributed by atoms with van der Waals surface area (Å²) in [6.07, 6.45) is -3.33. The molecule has 1 aliphatic rings. The third kappa shape index (κ3) is 4.78. The maximum absolute atomic E-state index is 13.0. The summed E-state index contributed by atoms with van der Waals surface area (Å²) < 4.78 is 38.9. The van der Waals surface area contributed by atoms with E-state index in [0.29, 0.717) is 12.8 Å². The lowest BCUT2D eigenvalue weighted by molar-refractivity contribution is -0.164. The zero-order valence-corrected chi connectivity index (χ0v) is 12.1. The van der Waals surface area contributed by atoms with Crippen molar-refractivity contribution in [3.63, 3.8) is 0 Å². The van der Waals surface area contributed by atoms with Gasteiger partial charge in [0, 0.05) is 13.1 Å². The van der Waals surface area contributed by atoms with Gasteiger partial charge in [0.1, 0.15) is 6.04 Å². The summed E-state index contributed by atoms with van der Waals surface area (Å²) >= 11 is 0. The van der Waals surface area contributed by atoms with Crippen LogP contribution < -0.4 is 5.32 Å². The molecular formula is C13H21F3N2O3. The molecule has 1 rings (SSSR count). The van der Waals surface area contributed by atoms with Crippen molar-refractivity contribution in [2.24, 2.45) is 11.8 Å². The molecule has 5 nitrogen and oxygen atoms in total. The van der Waals surface area contributed by atoms with E-state index in [2.05, 4.69) is 0 Å². The molecule has 0 saturated carbocycles. The van der Waals surface area contributed by atoms with Crippen molar-refractivity contribution in [2.75, 3.05) is 13.1 Å². The molecule has 3 unspecified atom stereocenters. The number of aliphatic carboxylic acids is 1. The number of halogens is 3. The number of alkyl halides is 3. The van der Waals surface area contributed by atoms with Crippen LogP contribution in [0.4, 0.5) is 18.0 Å². The van der Waals surface area contributed by atoms with E-state index in [1.54, 1.807) is 6.92 Å². The van der Waals surface area contributed by atoms with Crippen molar-refractivity contribution in [1.82, 2.24) is 10.2 Å². The summed E-state index contributed by atoms with van der Waals surface area (Å²) in [6, 6.07) is -2.76. The number of nitrogens with zero attached hydrogens (tertiary/aromatic N) is 1. The average Bonchev–Trinajstić information content (AvgIpc) is 2.42. The Labute approximate surface area is 121 Å². The summed E-state index contributed by atoms with van der Waals surface area (Å²) in [5.74, 6) is -2.48. The number of nitrogens with one attached hydrogen (secondary N) is 1. The number of urea groups is 1. The van der Waals surface area contributed by atoms with Crippen molar-refractivity contribution >= 4 is 12.0 Å². The molecule has 1 heterocycles. The van der Waals surface area contributed by atoms with E-state index in [1.165, 1.54) is 6.92 Å². The number of hydrogen-bond acceptors (Lipinski definition) is 2. The van der Waals surface area contributed by atoms with Crippen molar-refractivity contribution < 1.29 is 27.9 Å². The van der Waals surface area contributed by atoms with Crippen molar-refractivity contribution in [1.29, 1.82) is 0 Å². The number of likely N-dealkylation sites (tertiary alicyclic amines) is 1. The van der Waals surface area contributed by atoms with Gasteiger partial charge in [-0.1, -0.05) is 20.3 Å². The zero-order chi connectivity index (χ0) is 16.2. The summed E-state index contributed by atoms with van der Waals surface area (Å²) in [5.41, 5.74) is 0. The van der Waals surface area contributed by atoms with Crippen LogP contribution in [0.5, 0.6) is 0 Å². The van der Waals surface area contributed by atoms with Crippen LogP contribution in [0, 0.1) is 11.8 Å². The van der Waals surface area contributed by atoms with Crippen molar-refractivity contribution in [2.45, 2.75) is 45.3 Å². The highest BCUT2D eigenvalue weighted by Crippen LogP contribution is 2.27. The van der Waals surface area contributed by atoms with Crippen LogP contribution in [0.3, 0.4) is 0 Å². The summed E-state index contributed by atoms with van der Waals surface area (Å²) in [6.45, 7) is 3.28. The molecule has 0 bridgehead atoms. The fraction of sp³-hybridized carbons (Fsp3) is 0.846. The number of hydrogen-bond donors (Lipinski definition) is 2. The third-order valence-corrected chi connectivity index (χ3v) is 3.90. The highest BCUT2D eigenvalue weighted by Gasteiger charge is 2.44. The number of carbonyl (C=O) groups excluding carboxylic acids is 1. The second-order valence-corrected chi connectivity index (χ2v) is 5.48. The summed E-state index contributed by atoms with van der Waals surface area (Å²) in [5, 5.41) is 10.9. The van der Waals surface area contributed by atoms with Gasteiger partial charge in [-0.3, -0.25) is 4.79 Å². The van der Waals surface area contributed by atoms with E-state index in [4.69, 9.17) is 5.11 Å². The van der Waals surface area contributed by atoms with E-state index < -0.39 is 36.1 Å². The SMILES string of the molecule is CCC(C)C(NC(=O)N1CCCC(C(=O)O)C1)C(F)(F)F. The van der Waals surface area contributed by atoms with Gasteiger partial charge in [-0.05, 0) is 18.8 Å². The first-order valence-electron chi connectivity index (χ1n) is 7.01. The first kappa shape index (κ1) is 17.6. The molecule has 2 N–H and O–H groups in total. The van der Waals surface area contributed by atoms with Gasteiger partial charge in [-0.15, -0.1) is 0 Å². The van der Waals surface area contributed by atoms with E-state index in [1.807, 2.05) is 5.32 Å². The van der Waals surface area contributed by atoms with Crippen LogP contribution in [0.1, 0.15) is 33.1 Å². The zero-order valence-electron chi connectivity index (χ0n) is 12.1. The Hall–Kier alpha value is -1.47. The Balaban J connectivity index is 2.71. The Morgan fingerprint density at radius 3 is 2.52 bits per heavy atom. The molecule has 1 aliphatic heterocycles. The lowest BCUT2D eigenvalue weighted by Gasteiger charge is -2.34. The van der Waals surface area contributed by atoms with Gasteiger partial charge >= 0.3 is 18.2 Å². The van der Waals surface area contributed by atoms with Gasteiger partial charge in [-0.2, -0.15) is 13.2 Å². The number of rotatable bonds is 4. The minimum absolute atomic E-state index is 0.0494. The highest BCUT2D eigenvalue weighted by molar-refractivity contribution is 5.76. The fourth-order valence-electron chi connectivity index (χ4n) is 2.37. The molecule has 8 heteroatoms. The first-order valence-corrected chi connectivity index (χ1v) is 7.01. The molecule has 0 radical (unpaired) electrons. The van der Waals surface area contributed by atoms with Gasteiger partial charge in [0.25, 0.3) is 0 Å². The Morgan fingerprint density at radius 1 is 1.43 bits per heavy atom. The number of carboxylic acids is 1. The van der Waals surface area contributed by atoms with Crippen LogP contribution in [-0.2, 0) is 4.79 Å². The molecule has 1 saturated heterocycles. The van der Waals surface area contributed by atoms with Crippen LogP contribution in [-0.4, -0.2) is 47.3 Å². The van der Waals surface area contributed by atoms with Crippen LogP contribution >= 0.6 is 0 Å². The van der Waals surface area contributed by atoms with E-state index in [-0.39, 0.29) is 19.5 Å². The maximum atomic E-state index is 13.0. The van der Waals surface area contributed by atoms with Gasteiger partial charge in [0.05, 0.1) is 5.92 Å². The lowest BCUT2D eigenvalue weighted by atomic mass is 9.97. The van der Waals surface area contributed by atoms with Gasteiger partial charge in [-0.25, -0.2) is 4.79 Å². The second-order valence-electron chi connectivity index (χ2n) is 5.48. The Morgan fingerprint density at radius 2 is 2.05 bits per heavy atom. The molecule has 0 spiro atoms. The predicted octanol–water partition coefficient (Wildman–Crippen LogP) is 2.47. The number of carbonyl (C=O) groups is 2. The molecule has 3 atom stereocenters. The summed E-state index contributed by atoms with van der Waals surface area (Å²) in [4.78, 5) is 24.0. The Bertz CT molecular complexity index is 387. The summed E-state index contributed by atoms with van der Waals surface area (Å²) in [7, 11) is 0. The Kier molecular flexibility index (Phi) is 5.86. The van der Waals surface area contributed by atoms with Gasteiger partial charge in [0.15, 0.2) is 0 Å². The molecular weight excluding hydrogens is 289 g/mol. The molecule has 0 aromatic carbocycles. The van der Waals surface area contributed by atoms with Gasteiger partial charge < -0.3 is 15.3 Å². The van der Waals surface area contributed by atoms with Gasteiger partial charge in [0.2, 0.25) is 0 Å². The first-order chi connectivity index (χ1) is 9.66. The smallest absolute Gasteiger partial charge is 0.408 e. The average molecular weight is 310 g/mol. The number of amides is 2. The molecule has 122 valence electrons. The standard InChI is InChI=1S/C13H21F3N2O3/c1-3-8(2)10(13(14,15)16)17-12(21)18-6-4-5-9(7-18)11(19)20/h8-10H,3-7H2,1-2H3,(H,17,21)(H,19,20). The topological polar surface area (TPSA) is 69.6 Å². The van der Waals surface area contributed by atoms with Crippen LogP contribution in [0.15, 0.2) is 0 Å². The van der Waals surface area contributed by atoms with Crippen molar-refractivity contribution in [3.8, 4) is 0 Å². The molecule has 0 aliphatic carbocycles. The normalized spacial score (nSPS) is 22.5. The van der Waals surface area contributed by atoms with E-state index in [9.17, 15) is 22.8 Å². The lowest BCUT2D eigenvalue weighted by Crippen LogP contribution is -2.55. The minimum atomic E-state index is -4.52.